The molecule has 1 saturated carbocycles. The molecule has 0 spiro atoms. The first-order valence-electron chi connectivity index (χ1n) is 8.37. The minimum absolute atomic E-state index is 0.0658. The molecule has 3 rings (SSSR count). The molecule has 25 heavy (non-hydrogen) atoms. The Hall–Kier alpha value is -2.28. The Morgan fingerprint density at radius 2 is 2.04 bits per heavy atom. The molecule has 1 aliphatic rings. The van der Waals surface area contributed by atoms with Crippen LogP contribution in [0.1, 0.15) is 53.1 Å². The molecule has 1 fully saturated rings. The number of hydrogen-bond acceptors (Lipinski definition) is 2. The molecule has 3 N–H and O–H groups in total. The number of halogens is 1. The van der Waals surface area contributed by atoms with Crippen molar-refractivity contribution in [2.45, 2.75) is 37.2 Å². The van der Waals surface area contributed by atoms with Crippen LogP contribution in [0.25, 0.3) is 0 Å². The van der Waals surface area contributed by atoms with Gasteiger partial charge in [0.05, 0.1) is 0 Å². The number of aliphatic hydroxyl groups is 1. The molecule has 3 nitrogen and oxygen atoms in total. The van der Waals surface area contributed by atoms with Crippen LogP contribution < -0.4 is 5.73 Å². The first-order valence-corrected chi connectivity index (χ1v) is 8.74. The highest BCUT2D eigenvalue weighted by atomic mass is 35.5. The molecule has 0 heterocycles. The third-order valence-electron chi connectivity index (χ3n) is 4.66. The number of nitrogens with two attached hydrogens (primary N) is 1. The van der Waals surface area contributed by atoms with Crippen molar-refractivity contribution in [1.82, 2.24) is 0 Å². The van der Waals surface area contributed by atoms with Crippen LogP contribution >= 0.6 is 11.6 Å². The standard InChI is InChI=1S/C21H20ClNO2/c22-17-7-3-5-15(13-17)10-12-21(25)11-4-6-16(14-21)18-8-1-2-9-19(18)20(23)24/h1-3,5,7-9,13,16,25H,4,6,11,14H2,(H2,23,24)/t16-,21+/m0/s1. The number of benzene rings is 2. The van der Waals surface area contributed by atoms with Crippen molar-refractivity contribution >= 4 is 17.5 Å². The van der Waals surface area contributed by atoms with E-state index in [4.69, 9.17) is 17.3 Å². The van der Waals surface area contributed by atoms with Crippen LogP contribution in [0, 0.1) is 11.8 Å². The Balaban J connectivity index is 1.85. The lowest BCUT2D eigenvalue weighted by Crippen LogP contribution is -2.33. The number of amides is 1. The summed E-state index contributed by atoms with van der Waals surface area (Å²) in [5, 5.41) is 11.6. The Labute approximate surface area is 152 Å². The lowest BCUT2D eigenvalue weighted by atomic mass is 9.74. The topological polar surface area (TPSA) is 63.3 Å². The summed E-state index contributed by atoms with van der Waals surface area (Å²) >= 11 is 5.98. The Kier molecular flexibility index (Phi) is 5.13. The van der Waals surface area contributed by atoms with Crippen LogP contribution in [0.5, 0.6) is 0 Å². The lowest BCUT2D eigenvalue weighted by Gasteiger charge is -2.34. The van der Waals surface area contributed by atoms with Gasteiger partial charge in [0.25, 0.3) is 0 Å². The Bertz CT molecular complexity index is 852. The van der Waals surface area contributed by atoms with E-state index in [0.717, 1.165) is 24.0 Å². The van der Waals surface area contributed by atoms with Gasteiger partial charge in [-0.05, 0) is 61.4 Å². The predicted molar refractivity (Wildman–Crippen MR) is 99.4 cm³/mol. The SMILES string of the molecule is NC(=O)c1ccccc1[C@H]1CCC[C@@](O)(C#Cc2cccc(Cl)c2)C1. The van der Waals surface area contributed by atoms with E-state index in [2.05, 4.69) is 11.8 Å². The minimum Gasteiger partial charge on any atom is -0.378 e. The van der Waals surface area contributed by atoms with Gasteiger partial charge in [0, 0.05) is 16.1 Å². The molecule has 0 radical (unpaired) electrons. The van der Waals surface area contributed by atoms with E-state index >= 15 is 0 Å². The van der Waals surface area contributed by atoms with E-state index in [1.54, 1.807) is 24.3 Å². The third-order valence-corrected chi connectivity index (χ3v) is 4.89. The molecule has 1 amide bonds. The highest BCUT2D eigenvalue weighted by Crippen LogP contribution is 2.39. The van der Waals surface area contributed by atoms with Crippen molar-refractivity contribution in [2.24, 2.45) is 5.73 Å². The number of carbonyl (C=O) groups is 1. The van der Waals surface area contributed by atoms with E-state index < -0.39 is 11.5 Å². The van der Waals surface area contributed by atoms with Crippen molar-refractivity contribution in [1.29, 1.82) is 0 Å². The highest BCUT2D eigenvalue weighted by molar-refractivity contribution is 6.30. The maximum Gasteiger partial charge on any atom is 0.248 e. The van der Waals surface area contributed by atoms with Crippen LogP contribution in [-0.2, 0) is 0 Å². The second-order valence-corrected chi connectivity index (χ2v) is 6.97. The Morgan fingerprint density at radius 3 is 2.80 bits per heavy atom. The second-order valence-electron chi connectivity index (χ2n) is 6.54. The van der Waals surface area contributed by atoms with E-state index in [0.29, 0.717) is 23.4 Å². The average Bonchev–Trinajstić information content (AvgIpc) is 2.60. The molecule has 2 atom stereocenters. The summed E-state index contributed by atoms with van der Waals surface area (Å²) in [5.74, 6) is 5.68. The quantitative estimate of drug-likeness (QED) is 0.805. The zero-order chi connectivity index (χ0) is 17.9. The summed E-state index contributed by atoms with van der Waals surface area (Å²) in [6.07, 6.45) is 2.87. The van der Waals surface area contributed by atoms with Gasteiger partial charge in [-0.3, -0.25) is 4.79 Å². The monoisotopic (exact) mass is 353 g/mol. The first kappa shape index (κ1) is 17.5. The van der Waals surface area contributed by atoms with Gasteiger partial charge >= 0.3 is 0 Å². The molecular weight excluding hydrogens is 334 g/mol. The van der Waals surface area contributed by atoms with Crippen molar-refractivity contribution in [3.05, 3.63) is 70.2 Å². The van der Waals surface area contributed by atoms with Crippen LogP contribution in [0.4, 0.5) is 0 Å². The van der Waals surface area contributed by atoms with Crippen molar-refractivity contribution in [3.8, 4) is 11.8 Å². The summed E-state index contributed by atoms with van der Waals surface area (Å²) in [4.78, 5) is 11.7. The lowest BCUT2D eigenvalue weighted by molar-refractivity contribution is 0.0517. The van der Waals surface area contributed by atoms with E-state index in [-0.39, 0.29) is 5.92 Å². The fraction of sp³-hybridized carbons (Fsp3) is 0.286. The van der Waals surface area contributed by atoms with E-state index in [1.165, 1.54) is 0 Å². The zero-order valence-corrected chi connectivity index (χ0v) is 14.6. The molecule has 0 saturated heterocycles. The van der Waals surface area contributed by atoms with Gasteiger partial charge in [0.15, 0.2) is 0 Å². The number of hydrogen-bond donors (Lipinski definition) is 2. The molecule has 0 bridgehead atoms. The molecular formula is C21H20ClNO2. The fourth-order valence-corrected chi connectivity index (χ4v) is 3.65. The summed E-state index contributed by atoms with van der Waals surface area (Å²) in [6.45, 7) is 0. The summed E-state index contributed by atoms with van der Waals surface area (Å²) in [5.41, 5.74) is 6.63. The van der Waals surface area contributed by atoms with Crippen molar-refractivity contribution < 1.29 is 9.90 Å². The third kappa shape index (κ3) is 4.22. The molecule has 2 aromatic rings. The smallest absolute Gasteiger partial charge is 0.248 e. The van der Waals surface area contributed by atoms with Crippen LogP contribution in [0.3, 0.4) is 0 Å². The largest absolute Gasteiger partial charge is 0.378 e. The van der Waals surface area contributed by atoms with Crippen LogP contribution in [-0.4, -0.2) is 16.6 Å². The van der Waals surface area contributed by atoms with Crippen LogP contribution in [0.2, 0.25) is 5.02 Å². The van der Waals surface area contributed by atoms with Gasteiger partial charge in [-0.25, -0.2) is 0 Å². The molecule has 0 unspecified atom stereocenters. The molecule has 128 valence electrons. The summed E-state index contributed by atoms with van der Waals surface area (Å²) in [6, 6.07) is 14.6. The van der Waals surface area contributed by atoms with Crippen molar-refractivity contribution in [3.63, 3.8) is 0 Å². The Morgan fingerprint density at radius 1 is 1.24 bits per heavy atom. The fourth-order valence-electron chi connectivity index (χ4n) is 3.46. The molecule has 0 aliphatic heterocycles. The molecule has 2 aromatic carbocycles. The zero-order valence-electron chi connectivity index (χ0n) is 13.8. The van der Waals surface area contributed by atoms with Crippen molar-refractivity contribution in [2.75, 3.05) is 0 Å². The summed E-state index contributed by atoms with van der Waals surface area (Å²) in [7, 11) is 0. The average molecular weight is 354 g/mol. The first-order chi connectivity index (χ1) is 12.0. The van der Waals surface area contributed by atoms with Gasteiger partial charge in [-0.15, -0.1) is 0 Å². The number of carbonyl (C=O) groups excluding carboxylic acids is 1. The van der Waals surface area contributed by atoms with Gasteiger partial charge in [0.2, 0.25) is 5.91 Å². The van der Waals surface area contributed by atoms with E-state index in [9.17, 15) is 9.90 Å². The number of primary amides is 1. The predicted octanol–water partition coefficient (Wildman–Crippen LogP) is 3.88. The van der Waals surface area contributed by atoms with Crippen LogP contribution in [0.15, 0.2) is 48.5 Å². The molecule has 0 aromatic heterocycles. The van der Waals surface area contributed by atoms with Gasteiger partial charge in [0.1, 0.15) is 5.60 Å². The maximum atomic E-state index is 11.7. The molecule has 1 aliphatic carbocycles. The highest BCUT2D eigenvalue weighted by Gasteiger charge is 2.34. The number of rotatable bonds is 2. The minimum atomic E-state index is -1.07. The summed E-state index contributed by atoms with van der Waals surface area (Å²) < 4.78 is 0. The molecule has 4 heteroatoms. The van der Waals surface area contributed by atoms with Gasteiger partial charge in [-0.2, -0.15) is 0 Å². The second kappa shape index (κ2) is 7.31. The normalized spacial score (nSPS) is 22.7. The maximum absolute atomic E-state index is 11.7. The van der Waals surface area contributed by atoms with Gasteiger partial charge < -0.3 is 10.8 Å². The van der Waals surface area contributed by atoms with Gasteiger partial charge in [-0.1, -0.05) is 47.7 Å². The van der Waals surface area contributed by atoms with E-state index in [1.807, 2.05) is 24.3 Å².